The molecule has 1 saturated heterocycles. The summed E-state index contributed by atoms with van der Waals surface area (Å²) in [6, 6.07) is 4.26. The number of benzene rings is 1. The summed E-state index contributed by atoms with van der Waals surface area (Å²) in [4.78, 5) is 26.4. The molecule has 26 heavy (non-hydrogen) atoms. The monoisotopic (exact) mass is 382 g/mol. The zero-order chi connectivity index (χ0) is 19.1. The number of aliphatic hydroxyl groups is 1. The lowest BCUT2D eigenvalue weighted by atomic mass is 10.2. The van der Waals surface area contributed by atoms with Gasteiger partial charge >= 0.3 is 5.69 Å². The molecule has 10 heteroatoms. The van der Waals surface area contributed by atoms with Crippen LogP contribution in [0.15, 0.2) is 32.7 Å². The fourth-order valence-corrected chi connectivity index (χ4v) is 4.67. The van der Waals surface area contributed by atoms with Gasteiger partial charge in [-0.1, -0.05) is 0 Å². The predicted molar refractivity (Wildman–Crippen MR) is 96.7 cm³/mol. The van der Waals surface area contributed by atoms with Crippen LogP contribution in [0.25, 0.3) is 10.9 Å². The first-order valence-electron chi connectivity index (χ1n) is 8.30. The number of hydrogen-bond acceptors (Lipinski definition) is 6. The van der Waals surface area contributed by atoms with Gasteiger partial charge < -0.3 is 5.11 Å². The van der Waals surface area contributed by atoms with E-state index in [2.05, 4.69) is 0 Å². The second-order valence-corrected chi connectivity index (χ2v) is 8.29. The van der Waals surface area contributed by atoms with Crippen molar-refractivity contribution in [3.63, 3.8) is 0 Å². The van der Waals surface area contributed by atoms with Gasteiger partial charge in [0.15, 0.2) is 0 Å². The summed E-state index contributed by atoms with van der Waals surface area (Å²) < 4.78 is 29.5. The highest BCUT2D eigenvalue weighted by Gasteiger charge is 2.28. The first-order chi connectivity index (χ1) is 12.3. The van der Waals surface area contributed by atoms with Crippen LogP contribution < -0.4 is 11.2 Å². The van der Waals surface area contributed by atoms with Crippen LogP contribution in [0.2, 0.25) is 0 Å². The van der Waals surface area contributed by atoms with Crippen molar-refractivity contribution in [3.05, 3.63) is 39.0 Å². The van der Waals surface area contributed by atoms with Crippen LogP contribution in [0.3, 0.4) is 0 Å². The van der Waals surface area contributed by atoms with E-state index in [1.54, 1.807) is 7.05 Å². The van der Waals surface area contributed by atoms with Crippen LogP contribution >= 0.6 is 0 Å². The van der Waals surface area contributed by atoms with E-state index >= 15 is 0 Å². The van der Waals surface area contributed by atoms with Gasteiger partial charge in [-0.3, -0.25) is 18.8 Å². The summed E-state index contributed by atoms with van der Waals surface area (Å²) in [6.07, 6.45) is 0. The number of aryl methyl sites for hydroxylation is 1. The molecule has 0 bridgehead atoms. The number of sulfonamides is 1. The maximum Gasteiger partial charge on any atom is 0.330 e. The van der Waals surface area contributed by atoms with Crippen molar-refractivity contribution in [2.75, 3.05) is 39.3 Å². The molecule has 3 rings (SSSR count). The van der Waals surface area contributed by atoms with E-state index in [0.717, 1.165) is 4.57 Å². The Morgan fingerprint density at radius 3 is 2.31 bits per heavy atom. The number of aliphatic hydroxyl groups excluding tert-OH is 1. The van der Waals surface area contributed by atoms with Crippen molar-refractivity contribution in [1.29, 1.82) is 0 Å². The third kappa shape index (κ3) is 3.09. The van der Waals surface area contributed by atoms with Crippen LogP contribution in [0.4, 0.5) is 0 Å². The molecule has 0 aliphatic carbocycles. The average Bonchev–Trinajstić information content (AvgIpc) is 2.65. The van der Waals surface area contributed by atoms with Gasteiger partial charge in [-0.15, -0.1) is 0 Å². The summed E-state index contributed by atoms with van der Waals surface area (Å²) in [5.41, 5.74) is -0.587. The van der Waals surface area contributed by atoms with Gasteiger partial charge in [0.2, 0.25) is 10.0 Å². The van der Waals surface area contributed by atoms with Crippen LogP contribution in [0, 0.1) is 0 Å². The van der Waals surface area contributed by atoms with E-state index in [-0.39, 0.29) is 16.9 Å². The van der Waals surface area contributed by atoms with Crippen molar-refractivity contribution >= 4 is 20.9 Å². The van der Waals surface area contributed by atoms with Crippen LogP contribution in [0.5, 0.6) is 0 Å². The van der Waals surface area contributed by atoms with E-state index in [1.807, 2.05) is 4.90 Å². The Balaban J connectivity index is 2.00. The zero-order valence-corrected chi connectivity index (χ0v) is 15.6. The Bertz CT molecular complexity index is 1050. The Labute approximate surface area is 150 Å². The number of fused-ring (bicyclic) bond motifs is 1. The fraction of sp³-hybridized carbons (Fsp3) is 0.500. The first-order valence-corrected chi connectivity index (χ1v) is 9.74. The Morgan fingerprint density at radius 2 is 1.69 bits per heavy atom. The number of nitrogens with zero attached hydrogens (tertiary/aromatic N) is 4. The normalized spacial score (nSPS) is 17.0. The minimum Gasteiger partial charge on any atom is -0.395 e. The smallest absolute Gasteiger partial charge is 0.330 e. The minimum atomic E-state index is -3.74. The lowest BCUT2D eigenvalue weighted by Crippen LogP contribution is -2.49. The molecule has 0 amide bonds. The van der Waals surface area contributed by atoms with Crippen molar-refractivity contribution < 1.29 is 13.5 Å². The van der Waals surface area contributed by atoms with Gasteiger partial charge in [0, 0.05) is 46.8 Å². The molecule has 1 N–H and O–H groups in total. The summed E-state index contributed by atoms with van der Waals surface area (Å²) >= 11 is 0. The summed E-state index contributed by atoms with van der Waals surface area (Å²) in [5, 5.41) is 9.17. The molecule has 0 spiro atoms. The van der Waals surface area contributed by atoms with Crippen molar-refractivity contribution in [2.45, 2.75) is 4.90 Å². The zero-order valence-electron chi connectivity index (χ0n) is 14.8. The lowest BCUT2D eigenvalue weighted by molar-refractivity contribution is 0.151. The second kappa shape index (κ2) is 6.95. The van der Waals surface area contributed by atoms with Crippen molar-refractivity contribution in [2.24, 2.45) is 14.1 Å². The average molecular weight is 382 g/mol. The quantitative estimate of drug-likeness (QED) is 0.693. The molecule has 1 aliphatic rings. The SMILES string of the molecule is Cn1c(=O)c2cc(S(=O)(=O)N3CCN(CCO)CC3)ccc2n(C)c1=O. The standard InChI is InChI=1S/C16H22N4O5S/c1-17-14-4-3-12(11-13(14)15(22)18(2)16(17)23)26(24,25)20-7-5-19(6-8-20)9-10-21/h3-4,11,21H,5-10H2,1-2H3. The highest BCUT2D eigenvalue weighted by atomic mass is 32.2. The van der Waals surface area contributed by atoms with Crippen LogP contribution in [-0.2, 0) is 24.1 Å². The molecule has 142 valence electrons. The fourth-order valence-electron chi connectivity index (χ4n) is 3.22. The lowest BCUT2D eigenvalue weighted by Gasteiger charge is -2.33. The molecule has 1 aliphatic heterocycles. The molecule has 0 radical (unpaired) electrons. The third-order valence-corrected chi connectivity index (χ3v) is 6.72. The molecule has 0 saturated carbocycles. The molecule has 1 aromatic carbocycles. The summed E-state index contributed by atoms with van der Waals surface area (Å²) in [5.74, 6) is 0. The summed E-state index contributed by atoms with van der Waals surface area (Å²) in [6.45, 7) is 2.30. The topological polar surface area (TPSA) is 105 Å². The van der Waals surface area contributed by atoms with Gasteiger partial charge in [0.25, 0.3) is 5.56 Å². The number of rotatable bonds is 4. The van der Waals surface area contributed by atoms with Gasteiger partial charge in [-0.2, -0.15) is 4.31 Å². The largest absolute Gasteiger partial charge is 0.395 e. The molecule has 2 heterocycles. The maximum absolute atomic E-state index is 12.9. The maximum atomic E-state index is 12.9. The Kier molecular flexibility index (Phi) is 5.02. The van der Waals surface area contributed by atoms with E-state index < -0.39 is 21.3 Å². The molecular weight excluding hydrogens is 360 g/mol. The van der Waals surface area contributed by atoms with Crippen LogP contribution in [-0.4, -0.2) is 71.2 Å². The number of hydrogen-bond donors (Lipinski definition) is 1. The van der Waals surface area contributed by atoms with Crippen LogP contribution in [0.1, 0.15) is 0 Å². The first kappa shape index (κ1) is 18.8. The molecule has 1 aromatic heterocycles. The molecule has 2 aromatic rings. The number of piperazine rings is 1. The second-order valence-electron chi connectivity index (χ2n) is 6.35. The predicted octanol–water partition coefficient (Wildman–Crippen LogP) is -1.46. The van der Waals surface area contributed by atoms with Gasteiger partial charge in [-0.05, 0) is 18.2 Å². The number of β-amino-alcohol motifs (C(OH)–C–C–N with tert-alkyl or cyclic N) is 1. The molecule has 0 atom stereocenters. The minimum absolute atomic E-state index is 0.0383. The third-order valence-electron chi connectivity index (χ3n) is 4.82. The van der Waals surface area contributed by atoms with Crippen molar-refractivity contribution in [1.82, 2.24) is 18.3 Å². The van der Waals surface area contributed by atoms with E-state index in [1.165, 1.54) is 34.1 Å². The molecule has 9 nitrogen and oxygen atoms in total. The van der Waals surface area contributed by atoms with E-state index in [0.29, 0.717) is 38.2 Å². The molecular formula is C16H22N4O5S. The number of aromatic nitrogens is 2. The highest BCUT2D eigenvalue weighted by molar-refractivity contribution is 7.89. The van der Waals surface area contributed by atoms with Gasteiger partial charge in [0.1, 0.15) is 0 Å². The molecule has 1 fully saturated rings. The van der Waals surface area contributed by atoms with E-state index in [4.69, 9.17) is 5.11 Å². The Hall–Kier alpha value is -2.01. The Morgan fingerprint density at radius 1 is 1.04 bits per heavy atom. The molecule has 0 unspecified atom stereocenters. The highest BCUT2D eigenvalue weighted by Crippen LogP contribution is 2.20. The van der Waals surface area contributed by atoms with Gasteiger partial charge in [0.05, 0.1) is 22.4 Å². The van der Waals surface area contributed by atoms with Gasteiger partial charge in [-0.25, -0.2) is 13.2 Å². The van der Waals surface area contributed by atoms with E-state index in [9.17, 15) is 18.0 Å². The summed E-state index contributed by atoms with van der Waals surface area (Å²) in [7, 11) is -0.829. The van der Waals surface area contributed by atoms with Crippen molar-refractivity contribution in [3.8, 4) is 0 Å².